The van der Waals surface area contributed by atoms with Crippen LogP contribution in [0.2, 0.25) is 5.02 Å². The maximum Gasteiger partial charge on any atom is 0.411 e. The van der Waals surface area contributed by atoms with Gasteiger partial charge in [0.05, 0.1) is 24.4 Å². The van der Waals surface area contributed by atoms with Crippen molar-refractivity contribution in [3.05, 3.63) is 28.8 Å². The van der Waals surface area contributed by atoms with Gasteiger partial charge in [-0.2, -0.15) is 0 Å². The molecule has 166 valence electrons. The molecule has 1 saturated carbocycles. The van der Waals surface area contributed by atoms with Crippen molar-refractivity contribution in [2.45, 2.75) is 37.8 Å². The van der Waals surface area contributed by atoms with Crippen molar-refractivity contribution in [2.24, 2.45) is 5.92 Å². The number of methoxy groups -OCH3 is 1. The van der Waals surface area contributed by atoms with Gasteiger partial charge in [0.2, 0.25) is 11.7 Å². The van der Waals surface area contributed by atoms with E-state index in [1.54, 1.807) is 0 Å². The van der Waals surface area contributed by atoms with Gasteiger partial charge in [0.1, 0.15) is 0 Å². The maximum absolute atomic E-state index is 13.0. The molecular weight excluding hydrogens is 428 g/mol. The molecule has 31 heavy (non-hydrogen) atoms. The number of benzene rings is 1. The van der Waals surface area contributed by atoms with E-state index in [0.29, 0.717) is 13.0 Å². The van der Waals surface area contributed by atoms with Crippen molar-refractivity contribution in [1.29, 1.82) is 0 Å². The summed E-state index contributed by atoms with van der Waals surface area (Å²) in [5.41, 5.74) is 0.0927. The van der Waals surface area contributed by atoms with Crippen molar-refractivity contribution in [3.63, 3.8) is 0 Å². The summed E-state index contributed by atoms with van der Waals surface area (Å²) in [6.45, 7) is 0.466. The van der Waals surface area contributed by atoms with Crippen LogP contribution in [0.5, 0.6) is 0 Å². The third-order valence-electron chi connectivity index (χ3n) is 5.09. The Hall–Kier alpha value is -3.14. The fraction of sp³-hybridized carbons (Fsp3) is 0.450. The Kier molecular flexibility index (Phi) is 7.11. The molecule has 2 atom stereocenters. The molecule has 0 bridgehead atoms. The molecule has 1 aliphatic carbocycles. The van der Waals surface area contributed by atoms with Crippen LogP contribution in [0.3, 0.4) is 0 Å². The predicted molar refractivity (Wildman–Crippen MR) is 111 cm³/mol. The second kappa shape index (κ2) is 9.78. The molecule has 0 radical (unpaired) electrons. The van der Waals surface area contributed by atoms with Gasteiger partial charge in [-0.25, -0.2) is 4.79 Å². The van der Waals surface area contributed by atoms with E-state index in [1.807, 2.05) is 0 Å². The molecule has 4 amide bonds. The van der Waals surface area contributed by atoms with Crippen LogP contribution in [0.1, 0.15) is 36.0 Å². The number of carbonyl (C=O) groups excluding carboxylic acids is 5. The van der Waals surface area contributed by atoms with Gasteiger partial charge in [-0.15, -0.1) is 0 Å². The molecule has 1 saturated heterocycles. The minimum absolute atomic E-state index is 0.0190. The van der Waals surface area contributed by atoms with Crippen molar-refractivity contribution < 1.29 is 28.7 Å². The number of anilines is 1. The summed E-state index contributed by atoms with van der Waals surface area (Å²) >= 11 is 5.99. The molecular formula is C20H23ClN4O6. The number of rotatable bonds is 8. The van der Waals surface area contributed by atoms with E-state index in [0.717, 1.165) is 12.8 Å². The van der Waals surface area contributed by atoms with E-state index >= 15 is 0 Å². The lowest BCUT2D eigenvalue weighted by Gasteiger charge is -2.20. The number of carbonyl (C=O) groups is 5. The molecule has 1 unspecified atom stereocenters. The molecule has 0 aromatic heterocycles. The predicted octanol–water partition coefficient (Wildman–Crippen LogP) is 0.991. The minimum Gasteiger partial charge on any atom is -0.453 e. The molecule has 1 aromatic rings. The van der Waals surface area contributed by atoms with Gasteiger partial charge in [0.25, 0.3) is 11.8 Å². The second-order valence-corrected chi connectivity index (χ2v) is 7.89. The van der Waals surface area contributed by atoms with Gasteiger partial charge in [0, 0.05) is 23.5 Å². The summed E-state index contributed by atoms with van der Waals surface area (Å²) in [7, 11) is 1.17. The highest BCUT2D eigenvalue weighted by atomic mass is 35.5. The largest absolute Gasteiger partial charge is 0.453 e. The summed E-state index contributed by atoms with van der Waals surface area (Å²) in [6.07, 6.45) is 1.28. The van der Waals surface area contributed by atoms with E-state index in [2.05, 4.69) is 26.0 Å². The van der Waals surface area contributed by atoms with Crippen LogP contribution in [-0.4, -0.2) is 55.3 Å². The molecule has 10 nitrogen and oxygen atoms in total. The topological polar surface area (TPSA) is 143 Å². The Bertz CT molecular complexity index is 917. The fourth-order valence-electron chi connectivity index (χ4n) is 3.24. The Morgan fingerprint density at radius 3 is 2.58 bits per heavy atom. The summed E-state index contributed by atoms with van der Waals surface area (Å²) in [6, 6.07) is 2.94. The zero-order chi connectivity index (χ0) is 22.5. The highest BCUT2D eigenvalue weighted by Gasteiger charge is 2.36. The van der Waals surface area contributed by atoms with Crippen LogP contribution in [0.15, 0.2) is 18.2 Å². The van der Waals surface area contributed by atoms with Crippen molar-refractivity contribution >= 4 is 46.9 Å². The van der Waals surface area contributed by atoms with Crippen molar-refractivity contribution in [2.75, 3.05) is 19.0 Å². The van der Waals surface area contributed by atoms with Crippen LogP contribution in [0.25, 0.3) is 0 Å². The lowest BCUT2D eigenvalue weighted by atomic mass is 9.95. The van der Waals surface area contributed by atoms with Gasteiger partial charge in [-0.05, 0) is 43.9 Å². The van der Waals surface area contributed by atoms with Gasteiger partial charge in [-0.1, -0.05) is 11.6 Å². The molecule has 2 fully saturated rings. The van der Waals surface area contributed by atoms with Crippen LogP contribution < -0.4 is 21.3 Å². The maximum atomic E-state index is 13.0. The van der Waals surface area contributed by atoms with E-state index in [-0.39, 0.29) is 34.6 Å². The van der Waals surface area contributed by atoms with Crippen LogP contribution in [0.4, 0.5) is 10.5 Å². The molecule has 1 heterocycles. The fourth-order valence-corrected chi connectivity index (χ4v) is 3.41. The van der Waals surface area contributed by atoms with E-state index in [9.17, 15) is 24.0 Å². The normalized spacial score (nSPS) is 18.5. The first-order valence-electron chi connectivity index (χ1n) is 9.86. The first kappa shape index (κ1) is 22.5. The third kappa shape index (κ3) is 5.94. The summed E-state index contributed by atoms with van der Waals surface area (Å²) in [4.78, 5) is 61.6. The zero-order valence-corrected chi connectivity index (χ0v) is 17.6. The molecule has 3 rings (SSSR count). The molecule has 11 heteroatoms. The Labute approximate surface area is 183 Å². The van der Waals surface area contributed by atoms with Crippen molar-refractivity contribution in [1.82, 2.24) is 16.0 Å². The average molecular weight is 451 g/mol. The number of amides is 4. The van der Waals surface area contributed by atoms with Gasteiger partial charge < -0.3 is 20.7 Å². The number of Topliss-reactive ketones (excluding diaryl/α,β-unsaturated/α-hetero) is 1. The second-order valence-electron chi connectivity index (χ2n) is 7.46. The van der Waals surface area contributed by atoms with Gasteiger partial charge >= 0.3 is 6.09 Å². The molecule has 0 spiro atoms. The monoisotopic (exact) mass is 450 g/mol. The number of hydrogen-bond acceptors (Lipinski definition) is 6. The quantitative estimate of drug-likeness (QED) is 0.435. The number of ether oxygens (including phenoxy) is 1. The van der Waals surface area contributed by atoms with Crippen LogP contribution >= 0.6 is 11.6 Å². The summed E-state index contributed by atoms with van der Waals surface area (Å²) in [5.74, 6) is -3.10. The Morgan fingerprint density at radius 1 is 1.23 bits per heavy atom. The first-order valence-corrected chi connectivity index (χ1v) is 10.2. The number of halogens is 1. The van der Waals surface area contributed by atoms with E-state index in [4.69, 9.17) is 11.6 Å². The average Bonchev–Trinajstić information content (AvgIpc) is 3.47. The van der Waals surface area contributed by atoms with Gasteiger partial charge in [0.15, 0.2) is 0 Å². The van der Waals surface area contributed by atoms with E-state index < -0.39 is 35.7 Å². The summed E-state index contributed by atoms with van der Waals surface area (Å²) < 4.78 is 4.55. The lowest BCUT2D eigenvalue weighted by molar-refractivity contribution is -0.139. The van der Waals surface area contributed by atoms with Gasteiger partial charge in [-0.3, -0.25) is 24.5 Å². The number of hydrogen-bond donors (Lipinski definition) is 4. The number of ketones is 1. The first-order chi connectivity index (χ1) is 14.8. The zero-order valence-electron chi connectivity index (χ0n) is 16.8. The van der Waals surface area contributed by atoms with Crippen molar-refractivity contribution in [3.8, 4) is 0 Å². The SMILES string of the molecule is COC(=O)Nc1ccc(Cl)cc1C(=O)NC(C[C@@H]1CCNC1=O)C(=O)C(=O)NC1CC1. The van der Waals surface area contributed by atoms with Crippen LogP contribution in [0, 0.1) is 5.92 Å². The summed E-state index contributed by atoms with van der Waals surface area (Å²) in [5, 5.41) is 10.4. The molecule has 1 aliphatic heterocycles. The minimum atomic E-state index is -1.22. The van der Waals surface area contributed by atoms with Crippen LogP contribution in [-0.2, 0) is 19.1 Å². The highest BCUT2D eigenvalue weighted by Crippen LogP contribution is 2.23. The lowest BCUT2D eigenvalue weighted by Crippen LogP contribution is -2.49. The highest BCUT2D eigenvalue weighted by molar-refractivity contribution is 6.38. The third-order valence-corrected chi connectivity index (χ3v) is 5.32. The Balaban J connectivity index is 1.80. The van der Waals surface area contributed by atoms with E-state index in [1.165, 1.54) is 25.3 Å². The molecule has 2 aliphatic rings. The standard InChI is InChI=1S/C20H23ClN4O6/c1-31-20(30)25-14-5-2-11(21)9-13(14)18(28)24-15(8-10-6-7-22-17(10)27)16(26)19(29)23-12-3-4-12/h2,5,9-10,12,15H,3-4,6-8H2,1H3,(H,22,27)(H,23,29)(H,24,28)(H,25,30)/t10-,15?/m0/s1. The smallest absolute Gasteiger partial charge is 0.411 e. The Morgan fingerprint density at radius 2 is 1.97 bits per heavy atom. The molecule has 4 N–H and O–H groups in total. The number of nitrogens with one attached hydrogen (secondary N) is 4. The molecule has 1 aromatic carbocycles.